The minimum atomic E-state index is -0.642. The van der Waals surface area contributed by atoms with Crippen molar-refractivity contribution in [3.63, 3.8) is 0 Å². The molecule has 8 nitrogen and oxygen atoms in total. The molecule has 0 radical (unpaired) electrons. The van der Waals surface area contributed by atoms with E-state index < -0.39 is 18.3 Å². The molecule has 0 spiro atoms. The summed E-state index contributed by atoms with van der Waals surface area (Å²) in [5.74, 6) is 6.39. The zero-order valence-corrected chi connectivity index (χ0v) is 19.6. The van der Waals surface area contributed by atoms with Gasteiger partial charge in [-0.3, -0.25) is 4.79 Å². The summed E-state index contributed by atoms with van der Waals surface area (Å²) in [7, 11) is 2.70. The lowest BCUT2D eigenvalue weighted by molar-refractivity contribution is 0.00578. The van der Waals surface area contributed by atoms with Crippen molar-refractivity contribution in [2.45, 2.75) is 45.8 Å². The summed E-state index contributed by atoms with van der Waals surface area (Å²) >= 11 is 1.47. The first-order valence-electron chi connectivity index (χ1n) is 10.0. The molecular weight excluding hydrogens is 415 g/mol. The van der Waals surface area contributed by atoms with Gasteiger partial charge in [-0.25, -0.2) is 10.8 Å². The molecule has 0 aliphatic carbocycles. The van der Waals surface area contributed by atoms with Gasteiger partial charge in [0.15, 0.2) is 5.76 Å². The van der Waals surface area contributed by atoms with Gasteiger partial charge in [-0.1, -0.05) is 0 Å². The third-order valence-electron chi connectivity index (χ3n) is 6.02. The van der Waals surface area contributed by atoms with E-state index in [0.29, 0.717) is 28.0 Å². The van der Waals surface area contributed by atoms with Crippen molar-refractivity contribution in [1.82, 2.24) is 10.3 Å². The molecule has 1 aromatic carbocycles. The molecule has 2 aromatic heterocycles. The molecule has 3 aromatic rings. The second kappa shape index (κ2) is 7.34. The monoisotopic (exact) mass is 442 g/mol. The van der Waals surface area contributed by atoms with Gasteiger partial charge in [0.1, 0.15) is 5.58 Å². The summed E-state index contributed by atoms with van der Waals surface area (Å²) in [4.78, 5) is 18.0. The molecule has 1 fully saturated rings. The molecule has 3 N–H and O–H groups in total. The number of aromatic nitrogens is 1. The van der Waals surface area contributed by atoms with Crippen LogP contribution in [-0.2, 0) is 9.31 Å². The fraction of sp³-hybridized carbons (Fsp3) is 0.429. The van der Waals surface area contributed by atoms with E-state index in [1.54, 1.807) is 20.3 Å². The van der Waals surface area contributed by atoms with E-state index in [0.717, 1.165) is 15.3 Å². The molecule has 1 aliphatic heterocycles. The van der Waals surface area contributed by atoms with Gasteiger partial charge in [0.05, 0.1) is 32.3 Å². The van der Waals surface area contributed by atoms with Crippen LogP contribution < -0.4 is 21.6 Å². The first-order valence-corrected chi connectivity index (χ1v) is 10.9. The molecule has 164 valence electrons. The topological polar surface area (TPSA) is 103 Å². The number of rotatable bonds is 4. The van der Waals surface area contributed by atoms with Gasteiger partial charge in [-0.2, -0.15) is 0 Å². The minimum Gasteiger partial charge on any atom is -0.454 e. The molecular formula is C21H27BN4O4S. The van der Waals surface area contributed by atoms with Crippen LogP contribution in [0.2, 0.25) is 0 Å². The Bertz CT molecular complexity index is 1150. The highest BCUT2D eigenvalue weighted by Crippen LogP contribution is 2.40. The van der Waals surface area contributed by atoms with E-state index >= 15 is 0 Å². The van der Waals surface area contributed by atoms with Crippen molar-refractivity contribution in [3.8, 4) is 10.6 Å². The maximum absolute atomic E-state index is 12.9. The number of aryl methyl sites for hydroxylation is 1. The van der Waals surface area contributed by atoms with Crippen LogP contribution in [0.15, 0.2) is 22.7 Å². The van der Waals surface area contributed by atoms with Crippen molar-refractivity contribution >= 4 is 46.5 Å². The van der Waals surface area contributed by atoms with Gasteiger partial charge in [0.25, 0.3) is 5.91 Å². The number of nitrogens with two attached hydrogens (primary N) is 1. The molecule has 1 saturated heterocycles. The normalized spacial score (nSPS) is 17.4. The van der Waals surface area contributed by atoms with Crippen molar-refractivity contribution < 1.29 is 18.5 Å². The Morgan fingerprint density at radius 1 is 1.23 bits per heavy atom. The number of nitrogens with zero attached hydrogens (tertiary/aromatic N) is 2. The predicted octanol–water partition coefficient (Wildman–Crippen LogP) is 2.83. The first-order chi connectivity index (χ1) is 14.4. The number of fused-ring (bicyclic) bond motifs is 1. The summed E-state index contributed by atoms with van der Waals surface area (Å²) in [6, 6.07) is 3.70. The minimum absolute atomic E-state index is 0.242. The molecule has 0 bridgehead atoms. The quantitative estimate of drug-likeness (QED) is 0.364. The third-order valence-corrected chi connectivity index (χ3v) is 6.94. The Morgan fingerprint density at radius 3 is 2.39 bits per heavy atom. The van der Waals surface area contributed by atoms with E-state index in [9.17, 15) is 4.79 Å². The van der Waals surface area contributed by atoms with Crippen molar-refractivity contribution in [2.75, 3.05) is 19.1 Å². The van der Waals surface area contributed by atoms with E-state index in [1.165, 1.54) is 16.3 Å². The van der Waals surface area contributed by atoms with Crippen LogP contribution in [0.3, 0.4) is 0 Å². The van der Waals surface area contributed by atoms with Gasteiger partial charge in [0, 0.05) is 37.2 Å². The molecule has 0 unspecified atom stereocenters. The molecule has 3 heterocycles. The summed E-state index contributed by atoms with van der Waals surface area (Å²) in [5, 5.41) is 5.77. The van der Waals surface area contributed by atoms with Crippen LogP contribution in [-0.4, -0.2) is 43.3 Å². The highest BCUT2D eigenvalue weighted by molar-refractivity contribution is 7.15. The van der Waals surface area contributed by atoms with Crippen molar-refractivity contribution in [2.24, 2.45) is 5.84 Å². The van der Waals surface area contributed by atoms with E-state index in [4.69, 9.17) is 19.6 Å². The SMILES string of the molecule is CNC(=O)c1c(-c2cnc(C)s2)oc2cc(N(C)N)c(B3OC(C)(C)C(C)(C)O3)cc12. The van der Waals surface area contributed by atoms with Crippen LogP contribution >= 0.6 is 11.3 Å². The predicted molar refractivity (Wildman–Crippen MR) is 124 cm³/mol. The standard InChI is InChI=1S/C21H27BN4O4S/c1-11-25-10-16(31-11)18-17(19(27)24-6)12-8-13(14(26(7)23)9-15(12)28-18)22-29-20(2,3)21(4,5)30-22/h8-10H,23H2,1-7H3,(H,24,27). The number of hydrazine groups is 1. The molecule has 0 saturated carbocycles. The second-order valence-electron chi connectivity index (χ2n) is 8.74. The largest absolute Gasteiger partial charge is 0.497 e. The van der Waals surface area contributed by atoms with Crippen LogP contribution in [0.4, 0.5) is 5.69 Å². The Labute approximate surface area is 185 Å². The highest BCUT2D eigenvalue weighted by atomic mass is 32.1. The lowest BCUT2D eigenvalue weighted by Gasteiger charge is -2.32. The van der Waals surface area contributed by atoms with E-state index in [2.05, 4.69) is 10.3 Å². The van der Waals surface area contributed by atoms with E-state index in [-0.39, 0.29) is 5.91 Å². The molecule has 1 amide bonds. The molecule has 4 rings (SSSR count). The number of amides is 1. The molecule has 31 heavy (non-hydrogen) atoms. The average molecular weight is 442 g/mol. The number of hydrogen-bond acceptors (Lipinski definition) is 8. The molecule has 10 heteroatoms. The van der Waals surface area contributed by atoms with Gasteiger partial charge in [0.2, 0.25) is 0 Å². The second-order valence-corrected chi connectivity index (χ2v) is 9.97. The first kappa shape index (κ1) is 21.8. The van der Waals surface area contributed by atoms with Gasteiger partial charge >= 0.3 is 7.12 Å². The highest BCUT2D eigenvalue weighted by Gasteiger charge is 2.52. The third kappa shape index (κ3) is 3.53. The number of carbonyl (C=O) groups is 1. The molecule has 1 aliphatic rings. The number of carbonyl (C=O) groups excluding carboxylic acids is 1. The Kier molecular flexibility index (Phi) is 5.17. The number of hydrogen-bond donors (Lipinski definition) is 2. The van der Waals surface area contributed by atoms with Gasteiger partial charge in [-0.15, -0.1) is 11.3 Å². The Balaban J connectivity index is 1.96. The van der Waals surface area contributed by atoms with Crippen molar-refractivity contribution in [3.05, 3.63) is 28.9 Å². The molecule has 0 atom stereocenters. The zero-order chi connectivity index (χ0) is 22.7. The average Bonchev–Trinajstić information content (AvgIpc) is 3.33. The number of furan rings is 1. The fourth-order valence-electron chi connectivity index (χ4n) is 3.60. The van der Waals surface area contributed by atoms with Crippen LogP contribution in [0.5, 0.6) is 0 Å². The maximum Gasteiger partial charge on any atom is 0.497 e. The lowest BCUT2D eigenvalue weighted by atomic mass is 9.76. The maximum atomic E-state index is 12.9. The van der Waals surface area contributed by atoms with Gasteiger partial charge < -0.3 is 24.1 Å². The van der Waals surface area contributed by atoms with Crippen LogP contribution in [0, 0.1) is 6.92 Å². The summed E-state index contributed by atoms with van der Waals surface area (Å²) < 4.78 is 18.7. The number of benzene rings is 1. The van der Waals surface area contributed by atoms with Crippen molar-refractivity contribution in [1.29, 1.82) is 0 Å². The van der Waals surface area contributed by atoms with Crippen LogP contribution in [0.25, 0.3) is 21.6 Å². The summed E-state index contributed by atoms with van der Waals surface area (Å²) in [6.07, 6.45) is 1.72. The summed E-state index contributed by atoms with van der Waals surface area (Å²) in [6.45, 7) is 9.89. The fourth-order valence-corrected chi connectivity index (χ4v) is 4.37. The van der Waals surface area contributed by atoms with E-state index in [1.807, 2.05) is 46.8 Å². The van der Waals surface area contributed by atoms with Crippen LogP contribution in [0.1, 0.15) is 43.1 Å². The number of nitrogens with one attached hydrogen (secondary N) is 1. The summed E-state index contributed by atoms with van der Waals surface area (Å²) in [5.41, 5.74) is 1.40. The Morgan fingerprint density at radius 2 is 1.87 bits per heavy atom. The smallest absolute Gasteiger partial charge is 0.454 e. The lowest BCUT2D eigenvalue weighted by Crippen LogP contribution is -2.41. The zero-order valence-electron chi connectivity index (χ0n) is 18.8. The number of thiazole rings is 1. The number of anilines is 1. The van der Waals surface area contributed by atoms with Gasteiger partial charge in [-0.05, 0) is 40.7 Å². The Hall–Kier alpha value is -2.40.